The van der Waals surface area contributed by atoms with Crippen molar-refractivity contribution in [1.29, 1.82) is 0 Å². The summed E-state index contributed by atoms with van der Waals surface area (Å²) in [5.74, 6) is 0. The second kappa shape index (κ2) is 8.32. The highest BCUT2D eigenvalue weighted by molar-refractivity contribution is 5.15. The van der Waals surface area contributed by atoms with E-state index in [0.717, 1.165) is 12.8 Å². The lowest BCUT2D eigenvalue weighted by Gasteiger charge is -2.13. The average Bonchev–Trinajstić information content (AvgIpc) is 2.82. The van der Waals surface area contributed by atoms with Crippen LogP contribution in [0.15, 0.2) is 18.5 Å². The molecule has 0 aromatic carbocycles. The van der Waals surface area contributed by atoms with Crippen molar-refractivity contribution in [2.24, 2.45) is 0 Å². The molecule has 1 N–H and O–H groups in total. The summed E-state index contributed by atoms with van der Waals surface area (Å²) in [6.45, 7) is 1.76. The Hall–Kier alpha value is -1.01. The van der Waals surface area contributed by atoms with Gasteiger partial charge in [-0.15, -0.1) is 0 Å². The maximum atomic E-state index is 11.9. The molecular formula is C14H23F3N2O. The number of hydrogen-bond donors (Lipinski definition) is 1. The first-order valence-corrected chi connectivity index (χ1v) is 6.93. The monoisotopic (exact) mass is 292 g/mol. The summed E-state index contributed by atoms with van der Waals surface area (Å²) in [6.07, 6.45) is 2.50. The standard InChI is InChI=1S/C14H23F3N2O/c1-3-5-13(18-2)12-6-8-19(10-12)7-4-9-20-11-14(15,16)17/h6,8,10,13,18H,3-5,7,9,11H2,1-2H3. The lowest BCUT2D eigenvalue weighted by atomic mass is 10.1. The predicted octanol–water partition coefficient (Wildman–Crippen LogP) is 3.52. The van der Waals surface area contributed by atoms with E-state index < -0.39 is 12.8 Å². The van der Waals surface area contributed by atoms with Crippen molar-refractivity contribution < 1.29 is 17.9 Å². The molecule has 1 heterocycles. The maximum Gasteiger partial charge on any atom is 0.411 e. The lowest BCUT2D eigenvalue weighted by molar-refractivity contribution is -0.174. The van der Waals surface area contributed by atoms with E-state index in [0.29, 0.717) is 19.0 Å². The second-order valence-corrected chi connectivity index (χ2v) is 4.83. The number of aromatic nitrogens is 1. The van der Waals surface area contributed by atoms with Crippen molar-refractivity contribution in [1.82, 2.24) is 9.88 Å². The van der Waals surface area contributed by atoms with Gasteiger partial charge in [-0.1, -0.05) is 13.3 Å². The molecule has 1 aromatic heterocycles. The van der Waals surface area contributed by atoms with Gasteiger partial charge in [-0.25, -0.2) is 0 Å². The van der Waals surface area contributed by atoms with Gasteiger partial charge >= 0.3 is 6.18 Å². The Balaban J connectivity index is 2.30. The summed E-state index contributed by atoms with van der Waals surface area (Å²) in [7, 11) is 1.93. The SMILES string of the molecule is CCCC(NC)c1ccn(CCCOCC(F)(F)F)c1. The van der Waals surface area contributed by atoms with Gasteiger partial charge in [0.25, 0.3) is 0 Å². The molecule has 0 saturated carbocycles. The van der Waals surface area contributed by atoms with Crippen molar-refractivity contribution in [3.05, 3.63) is 24.0 Å². The zero-order valence-corrected chi connectivity index (χ0v) is 12.0. The van der Waals surface area contributed by atoms with Gasteiger partial charge in [-0.2, -0.15) is 13.2 Å². The highest BCUT2D eigenvalue weighted by Crippen LogP contribution is 2.18. The maximum absolute atomic E-state index is 11.9. The number of ether oxygens (including phenoxy) is 1. The second-order valence-electron chi connectivity index (χ2n) is 4.83. The molecule has 0 amide bonds. The topological polar surface area (TPSA) is 26.2 Å². The van der Waals surface area contributed by atoms with Crippen LogP contribution in [-0.4, -0.2) is 31.0 Å². The zero-order chi connectivity index (χ0) is 15.0. The molecule has 0 saturated heterocycles. The number of rotatable bonds is 9. The Bertz CT molecular complexity index is 377. The van der Waals surface area contributed by atoms with Crippen LogP contribution in [0, 0.1) is 0 Å². The van der Waals surface area contributed by atoms with E-state index in [-0.39, 0.29) is 6.61 Å². The lowest BCUT2D eigenvalue weighted by Crippen LogP contribution is -2.17. The third kappa shape index (κ3) is 6.43. The van der Waals surface area contributed by atoms with Crippen LogP contribution in [0.4, 0.5) is 13.2 Å². The van der Waals surface area contributed by atoms with Gasteiger partial charge in [0.1, 0.15) is 6.61 Å². The third-order valence-electron chi connectivity index (χ3n) is 3.07. The largest absolute Gasteiger partial charge is 0.411 e. The fourth-order valence-corrected chi connectivity index (χ4v) is 2.11. The van der Waals surface area contributed by atoms with Crippen molar-refractivity contribution in [2.75, 3.05) is 20.3 Å². The molecule has 3 nitrogen and oxygen atoms in total. The van der Waals surface area contributed by atoms with Crippen LogP contribution in [0.2, 0.25) is 0 Å². The molecular weight excluding hydrogens is 269 g/mol. The van der Waals surface area contributed by atoms with Gasteiger partial charge in [0.15, 0.2) is 0 Å². The Labute approximate surface area is 118 Å². The van der Waals surface area contributed by atoms with Gasteiger partial charge in [0, 0.05) is 31.6 Å². The number of alkyl halides is 3. The fourth-order valence-electron chi connectivity index (χ4n) is 2.11. The summed E-state index contributed by atoms with van der Waals surface area (Å²) in [4.78, 5) is 0. The van der Waals surface area contributed by atoms with Crippen LogP contribution in [-0.2, 0) is 11.3 Å². The summed E-state index contributed by atoms with van der Waals surface area (Å²) < 4.78 is 42.2. The summed E-state index contributed by atoms with van der Waals surface area (Å²) in [6, 6.07) is 2.38. The van der Waals surface area contributed by atoms with Crippen LogP contribution in [0.25, 0.3) is 0 Å². The molecule has 0 spiro atoms. The Morgan fingerprint density at radius 2 is 2.15 bits per heavy atom. The summed E-state index contributed by atoms with van der Waals surface area (Å²) in [5, 5.41) is 3.26. The molecule has 0 aliphatic carbocycles. The molecule has 1 aromatic rings. The first-order valence-electron chi connectivity index (χ1n) is 6.93. The Kier molecular flexibility index (Phi) is 7.09. The zero-order valence-electron chi connectivity index (χ0n) is 12.0. The number of aryl methyl sites for hydroxylation is 1. The molecule has 20 heavy (non-hydrogen) atoms. The van der Waals surface area contributed by atoms with E-state index in [1.807, 2.05) is 30.1 Å². The number of halogens is 3. The van der Waals surface area contributed by atoms with Crippen LogP contribution >= 0.6 is 0 Å². The average molecular weight is 292 g/mol. The van der Waals surface area contributed by atoms with E-state index in [4.69, 9.17) is 0 Å². The molecule has 116 valence electrons. The van der Waals surface area contributed by atoms with E-state index >= 15 is 0 Å². The fraction of sp³-hybridized carbons (Fsp3) is 0.714. The highest BCUT2D eigenvalue weighted by Gasteiger charge is 2.27. The van der Waals surface area contributed by atoms with Crippen molar-refractivity contribution >= 4 is 0 Å². The Morgan fingerprint density at radius 3 is 2.75 bits per heavy atom. The smallest absolute Gasteiger partial charge is 0.372 e. The van der Waals surface area contributed by atoms with Crippen molar-refractivity contribution in [2.45, 2.75) is 44.9 Å². The highest BCUT2D eigenvalue weighted by atomic mass is 19.4. The van der Waals surface area contributed by atoms with Crippen molar-refractivity contribution in [3.8, 4) is 0 Å². The predicted molar refractivity (Wildman–Crippen MR) is 72.6 cm³/mol. The van der Waals surface area contributed by atoms with Crippen LogP contribution in [0.3, 0.4) is 0 Å². The molecule has 0 radical (unpaired) electrons. The molecule has 0 bridgehead atoms. The first kappa shape index (κ1) is 17.0. The van der Waals surface area contributed by atoms with E-state index in [9.17, 15) is 13.2 Å². The summed E-state index contributed by atoms with van der Waals surface area (Å²) >= 11 is 0. The minimum Gasteiger partial charge on any atom is -0.372 e. The van der Waals surface area contributed by atoms with Crippen LogP contribution in [0.1, 0.15) is 37.8 Å². The van der Waals surface area contributed by atoms with E-state index in [1.165, 1.54) is 5.56 Å². The summed E-state index contributed by atoms with van der Waals surface area (Å²) in [5.41, 5.74) is 1.21. The number of hydrogen-bond acceptors (Lipinski definition) is 2. The molecule has 0 aliphatic rings. The molecule has 0 aliphatic heterocycles. The van der Waals surface area contributed by atoms with Gasteiger partial charge in [0.05, 0.1) is 0 Å². The molecule has 1 unspecified atom stereocenters. The van der Waals surface area contributed by atoms with Crippen LogP contribution < -0.4 is 5.32 Å². The molecule has 0 fully saturated rings. The van der Waals surface area contributed by atoms with E-state index in [1.54, 1.807) is 0 Å². The Morgan fingerprint density at radius 1 is 1.40 bits per heavy atom. The molecule has 6 heteroatoms. The molecule has 1 atom stereocenters. The minimum atomic E-state index is -4.24. The third-order valence-corrected chi connectivity index (χ3v) is 3.07. The van der Waals surface area contributed by atoms with Crippen molar-refractivity contribution in [3.63, 3.8) is 0 Å². The van der Waals surface area contributed by atoms with Crippen LogP contribution in [0.5, 0.6) is 0 Å². The van der Waals surface area contributed by atoms with Gasteiger partial charge in [-0.3, -0.25) is 0 Å². The quantitative estimate of drug-likeness (QED) is 0.705. The molecule has 1 rings (SSSR count). The van der Waals surface area contributed by atoms with Gasteiger partial charge in [0.2, 0.25) is 0 Å². The number of nitrogens with zero attached hydrogens (tertiary/aromatic N) is 1. The van der Waals surface area contributed by atoms with E-state index in [2.05, 4.69) is 17.0 Å². The first-order chi connectivity index (χ1) is 9.46. The normalized spacial score (nSPS) is 13.7. The van der Waals surface area contributed by atoms with Gasteiger partial charge < -0.3 is 14.6 Å². The van der Waals surface area contributed by atoms with Gasteiger partial charge in [-0.05, 0) is 31.5 Å². The number of nitrogens with one attached hydrogen (secondary N) is 1. The minimum absolute atomic E-state index is 0.122.